The van der Waals surface area contributed by atoms with E-state index in [0.717, 1.165) is 5.56 Å². The largest absolute Gasteiger partial charge is 0.204 e. The lowest BCUT2D eigenvalue weighted by Gasteiger charge is -2.08. The van der Waals surface area contributed by atoms with Crippen molar-refractivity contribution in [1.82, 2.24) is 0 Å². The second-order valence-electron chi connectivity index (χ2n) is 3.30. The predicted octanol–water partition coefficient (Wildman–Crippen LogP) is 3.40. The van der Waals surface area contributed by atoms with Gasteiger partial charge in [-0.2, -0.15) is 0 Å². The highest BCUT2D eigenvalue weighted by atomic mass is 19.2. The zero-order valence-electron chi connectivity index (χ0n) is 7.49. The van der Waals surface area contributed by atoms with Crippen molar-refractivity contribution in [3.63, 3.8) is 0 Å². The van der Waals surface area contributed by atoms with Crippen LogP contribution < -0.4 is 0 Å². The minimum absolute atomic E-state index is 0.0272. The third-order valence-corrected chi connectivity index (χ3v) is 1.82. The smallest absolute Gasteiger partial charge is 0.162 e. The van der Waals surface area contributed by atoms with Gasteiger partial charge in [0.15, 0.2) is 11.6 Å². The Morgan fingerprint density at radius 3 is 2.25 bits per heavy atom. The molecule has 0 N–H and O–H groups in total. The van der Waals surface area contributed by atoms with Crippen LogP contribution in [-0.2, 0) is 0 Å². The molecule has 0 aliphatic carbocycles. The van der Waals surface area contributed by atoms with Gasteiger partial charge in [-0.05, 0) is 30.0 Å². The molecule has 0 unspecified atom stereocenters. The highest BCUT2D eigenvalue weighted by Gasteiger charge is 2.11. The molecule has 0 spiro atoms. The predicted molar refractivity (Wildman–Crippen MR) is 45.2 cm³/mol. The summed E-state index contributed by atoms with van der Waals surface area (Å²) in [6, 6.07) is 2.89. The number of aryl methyl sites for hydroxylation is 1. The first-order valence-electron chi connectivity index (χ1n) is 3.98. The van der Waals surface area contributed by atoms with E-state index in [1.165, 1.54) is 6.07 Å². The van der Waals surface area contributed by atoms with Gasteiger partial charge < -0.3 is 0 Å². The van der Waals surface area contributed by atoms with Crippen LogP contribution in [0.15, 0.2) is 12.1 Å². The van der Waals surface area contributed by atoms with Gasteiger partial charge in [-0.1, -0.05) is 19.9 Å². The van der Waals surface area contributed by atoms with Gasteiger partial charge in [0.2, 0.25) is 0 Å². The van der Waals surface area contributed by atoms with E-state index in [9.17, 15) is 8.78 Å². The summed E-state index contributed by atoms with van der Waals surface area (Å²) in [5, 5.41) is 0. The van der Waals surface area contributed by atoms with Gasteiger partial charge in [-0.15, -0.1) is 0 Å². The number of rotatable bonds is 1. The zero-order chi connectivity index (χ0) is 9.30. The lowest BCUT2D eigenvalue weighted by atomic mass is 10.0. The van der Waals surface area contributed by atoms with E-state index in [4.69, 9.17) is 0 Å². The molecule has 66 valence electrons. The molecule has 0 aliphatic rings. The van der Waals surface area contributed by atoms with Crippen molar-refractivity contribution in [2.75, 3.05) is 0 Å². The summed E-state index contributed by atoms with van der Waals surface area (Å²) in [7, 11) is 0. The topological polar surface area (TPSA) is 0 Å². The summed E-state index contributed by atoms with van der Waals surface area (Å²) >= 11 is 0. The van der Waals surface area contributed by atoms with E-state index in [2.05, 4.69) is 0 Å². The molecule has 0 saturated heterocycles. The standard InChI is InChI=1S/C10H12F2/c1-6(2)8-4-7(3)5-9(11)10(8)12/h4-6H,1-3H3. The summed E-state index contributed by atoms with van der Waals surface area (Å²) in [4.78, 5) is 0. The fraction of sp³-hybridized carbons (Fsp3) is 0.400. The molecule has 1 aromatic carbocycles. The molecule has 0 radical (unpaired) electrons. The molecule has 1 rings (SSSR count). The molecule has 2 heteroatoms. The van der Waals surface area contributed by atoms with Crippen LogP contribution in [0.1, 0.15) is 30.9 Å². The average molecular weight is 170 g/mol. The zero-order valence-corrected chi connectivity index (χ0v) is 7.49. The normalized spacial score (nSPS) is 10.8. The average Bonchev–Trinajstić information content (AvgIpc) is 1.96. The molecule has 0 nitrogen and oxygen atoms in total. The Morgan fingerprint density at radius 2 is 1.75 bits per heavy atom. The van der Waals surface area contributed by atoms with Gasteiger partial charge >= 0.3 is 0 Å². The van der Waals surface area contributed by atoms with Crippen LogP contribution in [0.4, 0.5) is 8.78 Å². The maximum Gasteiger partial charge on any atom is 0.162 e. The summed E-state index contributed by atoms with van der Waals surface area (Å²) in [5.41, 5.74) is 1.21. The van der Waals surface area contributed by atoms with Crippen LogP contribution in [0.3, 0.4) is 0 Å². The first-order chi connectivity index (χ1) is 5.52. The molecule has 0 atom stereocenters. The highest BCUT2D eigenvalue weighted by Crippen LogP contribution is 2.21. The monoisotopic (exact) mass is 170 g/mol. The highest BCUT2D eigenvalue weighted by molar-refractivity contribution is 5.27. The quantitative estimate of drug-likeness (QED) is 0.606. The summed E-state index contributed by atoms with van der Waals surface area (Å²) in [6.07, 6.45) is 0. The van der Waals surface area contributed by atoms with E-state index in [1.807, 2.05) is 13.8 Å². The molecule has 0 heterocycles. The van der Waals surface area contributed by atoms with E-state index >= 15 is 0 Å². The second kappa shape index (κ2) is 3.21. The lowest BCUT2D eigenvalue weighted by Crippen LogP contribution is -1.97. The summed E-state index contributed by atoms with van der Waals surface area (Å²) in [5.74, 6) is -1.44. The third kappa shape index (κ3) is 1.63. The molecule has 1 aromatic rings. The van der Waals surface area contributed by atoms with Gasteiger partial charge in [-0.25, -0.2) is 8.78 Å². The first kappa shape index (κ1) is 9.17. The molecule has 12 heavy (non-hydrogen) atoms. The molecule has 0 bridgehead atoms. The molecular formula is C10H12F2. The Morgan fingerprint density at radius 1 is 1.17 bits per heavy atom. The van der Waals surface area contributed by atoms with E-state index < -0.39 is 11.6 Å². The Balaban J connectivity index is 3.28. The van der Waals surface area contributed by atoms with Crippen LogP contribution in [0, 0.1) is 18.6 Å². The van der Waals surface area contributed by atoms with E-state index in [-0.39, 0.29) is 5.92 Å². The minimum Gasteiger partial charge on any atom is -0.204 e. The van der Waals surface area contributed by atoms with Crippen molar-refractivity contribution in [2.45, 2.75) is 26.7 Å². The lowest BCUT2D eigenvalue weighted by molar-refractivity contribution is 0.493. The van der Waals surface area contributed by atoms with Crippen molar-refractivity contribution >= 4 is 0 Å². The van der Waals surface area contributed by atoms with Crippen molar-refractivity contribution in [1.29, 1.82) is 0 Å². The van der Waals surface area contributed by atoms with Crippen LogP contribution in [0.25, 0.3) is 0 Å². The fourth-order valence-electron chi connectivity index (χ4n) is 1.17. The minimum atomic E-state index is -0.751. The first-order valence-corrected chi connectivity index (χ1v) is 3.98. The molecule has 0 saturated carbocycles. The van der Waals surface area contributed by atoms with E-state index in [0.29, 0.717) is 5.56 Å². The van der Waals surface area contributed by atoms with Crippen molar-refractivity contribution < 1.29 is 8.78 Å². The van der Waals surface area contributed by atoms with Crippen LogP contribution in [0.5, 0.6) is 0 Å². The van der Waals surface area contributed by atoms with Crippen LogP contribution in [-0.4, -0.2) is 0 Å². The molecular weight excluding hydrogens is 158 g/mol. The number of hydrogen-bond donors (Lipinski definition) is 0. The van der Waals surface area contributed by atoms with Gasteiger partial charge in [0.1, 0.15) is 0 Å². The fourth-order valence-corrected chi connectivity index (χ4v) is 1.17. The summed E-state index contributed by atoms with van der Waals surface area (Å²) in [6.45, 7) is 5.45. The van der Waals surface area contributed by atoms with Gasteiger partial charge in [-0.3, -0.25) is 0 Å². The molecule has 0 aromatic heterocycles. The van der Waals surface area contributed by atoms with Crippen molar-refractivity contribution in [3.05, 3.63) is 34.9 Å². The third-order valence-electron chi connectivity index (χ3n) is 1.82. The maximum atomic E-state index is 13.1. The van der Waals surface area contributed by atoms with Gasteiger partial charge in [0.05, 0.1) is 0 Å². The molecule has 0 amide bonds. The van der Waals surface area contributed by atoms with Gasteiger partial charge in [0, 0.05) is 0 Å². The number of hydrogen-bond acceptors (Lipinski definition) is 0. The van der Waals surface area contributed by atoms with E-state index in [1.54, 1.807) is 13.0 Å². The molecule has 0 fully saturated rings. The van der Waals surface area contributed by atoms with Crippen LogP contribution in [0.2, 0.25) is 0 Å². The Kier molecular flexibility index (Phi) is 2.46. The summed E-state index contributed by atoms with van der Waals surface area (Å²) < 4.78 is 25.9. The van der Waals surface area contributed by atoms with Crippen molar-refractivity contribution in [2.24, 2.45) is 0 Å². The van der Waals surface area contributed by atoms with Crippen molar-refractivity contribution in [3.8, 4) is 0 Å². The number of benzene rings is 1. The van der Waals surface area contributed by atoms with Crippen LogP contribution >= 0.6 is 0 Å². The Bertz CT molecular complexity index is 290. The number of halogens is 2. The maximum absolute atomic E-state index is 13.1. The Hall–Kier alpha value is -0.920. The Labute approximate surface area is 71.2 Å². The second-order valence-corrected chi connectivity index (χ2v) is 3.30. The van der Waals surface area contributed by atoms with Gasteiger partial charge in [0.25, 0.3) is 0 Å². The molecule has 0 aliphatic heterocycles. The SMILES string of the molecule is Cc1cc(F)c(F)c(C(C)C)c1.